The molecule has 1 aliphatic heterocycles. The zero-order valence-electron chi connectivity index (χ0n) is 8.80. The molecule has 0 aliphatic carbocycles. The van der Waals surface area contributed by atoms with Gasteiger partial charge in [-0.05, 0) is 13.3 Å². The van der Waals surface area contributed by atoms with E-state index < -0.39 is 17.7 Å². The van der Waals surface area contributed by atoms with E-state index in [0.717, 1.165) is 6.08 Å². The van der Waals surface area contributed by atoms with Crippen molar-refractivity contribution in [2.75, 3.05) is 13.1 Å². The lowest BCUT2D eigenvalue weighted by Crippen LogP contribution is -2.37. The normalized spacial score (nSPS) is 17.0. The number of nitrogens with zero attached hydrogens (tertiary/aromatic N) is 1. The van der Waals surface area contributed by atoms with Gasteiger partial charge in [0.05, 0.1) is 6.42 Å². The third-order valence-corrected chi connectivity index (χ3v) is 2.33. The van der Waals surface area contributed by atoms with Gasteiger partial charge in [0.15, 0.2) is 0 Å². The Bertz CT molecular complexity index is 333. The lowest BCUT2D eigenvalue weighted by Gasteiger charge is -2.27. The Kier molecular flexibility index (Phi) is 3.72. The van der Waals surface area contributed by atoms with Crippen LogP contribution in [0.2, 0.25) is 0 Å². The molecule has 1 rings (SSSR count). The first-order valence-corrected chi connectivity index (χ1v) is 4.84. The molecule has 0 saturated carbocycles. The minimum atomic E-state index is -4.31. The first-order chi connectivity index (χ1) is 7.30. The van der Waals surface area contributed by atoms with Crippen molar-refractivity contribution in [2.24, 2.45) is 0 Å². The van der Waals surface area contributed by atoms with E-state index in [0.29, 0.717) is 0 Å². The lowest BCUT2D eigenvalue weighted by molar-refractivity contribution is -0.135. The van der Waals surface area contributed by atoms with Crippen molar-refractivity contribution in [3.8, 4) is 0 Å². The summed E-state index contributed by atoms with van der Waals surface area (Å²) in [4.78, 5) is 23.3. The molecule has 0 aromatic heterocycles. The van der Waals surface area contributed by atoms with Gasteiger partial charge < -0.3 is 4.90 Å². The maximum absolute atomic E-state index is 12.3. The second kappa shape index (κ2) is 4.67. The van der Waals surface area contributed by atoms with E-state index in [9.17, 15) is 22.8 Å². The van der Waals surface area contributed by atoms with Gasteiger partial charge in [0, 0.05) is 18.7 Å². The highest BCUT2D eigenvalue weighted by Crippen LogP contribution is 2.30. The van der Waals surface area contributed by atoms with Crippen LogP contribution in [-0.2, 0) is 9.59 Å². The van der Waals surface area contributed by atoms with E-state index in [2.05, 4.69) is 0 Å². The predicted molar refractivity (Wildman–Crippen MR) is 50.6 cm³/mol. The van der Waals surface area contributed by atoms with Gasteiger partial charge in [-0.3, -0.25) is 9.59 Å². The smallest absolute Gasteiger partial charge is 0.338 e. The van der Waals surface area contributed by atoms with Crippen LogP contribution in [0.15, 0.2) is 11.6 Å². The third-order valence-electron chi connectivity index (χ3n) is 2.33. The molecule has 6 heteroatoms. The minimum absolute atomic E-state index is 0.0253. The molecule has 0 atom stereocenters. The Morgan fingerprint density at radius 3 is 2.44 bits per heavy atom. The number of halogens is 3. The zero-order valence-corrected chi connectivity index (χ0v) is 8.80. The van der Waals surface area contributed by atoms with Gasteiger partial charge in [-0.1, -0.05) is 6.08 Å². The fourth-order valence-corrected chi connectivity index (χ4v) is 1.48. The second-order valence-corrected chi connectivity index (χ2v) is 3.70. The SMILES string of the molecule is CC(=O)CC(=O)N1CC=C(C(F)(F)F)CC1. The molecule has 0 saturated heterocycles. The summed E-state index contributed by atoms with van der Waals surface area (Å²) in [6, 6.07) is 0. The van der Waals surface area contributed by atoms with Crippen molar-refractivity contribution in [3.05, 3.63) is 11.6 Å². The fraction of sp³-hybridized carbons (Fsp3) is 0.600. The molecule has 0 unspecified atom stereocenters. The van der Waals surface area contributed by atoms with Crippen LogP contribution in [0.1, 0.15) is 19.8 Å². The number of hydrogen-bond donors (Lipinski definition) is 0. The number of carbonyl (C=O) groups excluding carboxylic acids is 2. The summed E-state index contributed by atoms with van der Waals surface area (Å²) in [5.74, 6) is -0.694. The van der Waals surface area contributed by atoms with Crippen LogP contribution < -0.4 is 0 Å². The number of hydrogen-bond acceptors (Lipinski definition) is 2. The Morgan fingerprint density at radius 2 is 2.06 bits per heavy atom. The highest BCUT2D eigenvalue weighted by molar-refractivity contribution is 5.96. The third kappa shape index (κ3) is 3.36. The molecule has 3 nitrogen and oxygen atoms in total. The molecule has 0 aromatic carbocycles. The van der Waals surface area contributed by atoms with Crippen LogP contribution in [0, 0.1) is 0 Å². The highest BCUT2D eigenvalue weighted by Gasteiger charge is 2.35. The van der Waals surface area contributed by atoms with Crippen molar-refractivity contribution < 1.29 is 22.8 Å². The molecule has 0 bridgehead atoms. The van der Waals surface area contributed by atoms with Crippen molar-refractivity contribution in [3.63, 3.8) is 0 Å². The van der Waals surface area contributed by atoms with Gasteiger partial charge in [0.1, 0.15) is 5.78 Å². The summed E-state index contributed by atoms with van der Waals surface area (Å²) in [6.07, 6.45) is -3.75. The molecular weight excluding hydrogens is 223 g/mol. The van der Waals surface area contributed by atoms with E-state index in [1.54, 1.807) is 0 Å². The minimum Gasteiger partial charge on any atom is -0.338 e. The lowest BCUT2D eigenvalue weighted by atomic mass is 10.1. The molecule has 0 aromatic rings. The topological polar surface area (TPSA) is 37.4 Å². The Labute approximate surface area is 90.9 Å². The van der Waals surface area contributed by atoms with Crippen LogP contribution in [0.4, 0.5) is 13.2 Å². The molecule has 0 radical (unpaired) electrons. The van der Waals surface area contributed by atoms with Crippen molar-refractivity contribution in [1.29, 1.82) is 0 Å². The standard InChI is InChI=1S/C10H12F3NO2/c1-7(15)6-9(16)14-4-2-8(3-5-14)10(11,12)13/h2H,3-6H2,1H3. The molecule has 0 fully saturated rings. The molecule has 16 heavy (non-hydrogen) atoms. The van der Waals surface area contributed by atoms with E-state index in [1.165, 1.54) is 11.8 Å². The Morgan fingerprint density at radius 1 is 1.44 bits per heavy atom. The van der Waals surface area contributed by atoms with E-state index in [4.69, 9.17) is 0 Å². The summed E-state index contributed by atoms with van der Waals surface area (Å²) in [5.41, 5.74) is -0.598. The predicted octanol–water partition coefficient (Wildman–Crippen LogP) is 1.69. The van der Waals surface area contributed by atoms with Gasteiger partial charge >= 0.3 is 6.18 Å². The molecule has 0 spiro atoms. The zero-order chi connectivity index (χ0) is 12.3. The van der Waals surface area contributed by atoms with Crippen LogP contribution in [-0.4, -0.2) is 35.9 Å². The molecule has 1 heterocycles. The number of carbonyl (C=O) groups is 2. The molecule has 0 N–H and O–H groups in total. The van der Waals surface area contributed by atoms with Gasteiger partial charge in [0.25, 0.3) is 0 Å². The molecule has 90 valence electrons. The first kappa shape index (κ1) is 12.7. The maximum atomic E-state index is 12.3. The number of rotatable bonds is 2. The average molecular weight is 235 g/mol. The summed E-state index contributed by atoms with van der Waals surface area (Å²) in [6.45, 7) is 1.23. The van der Waals surface area contributed by atoms with Gasteiger partial charge in [-0.15, -0.1) is 0 Å². The van der Waals surface area contributed by atoms with E-state index >= 15 is 0 Å². The van der Waals surface area contributed by atoms with Crippen molar-refractivity contribution >= 4 is 11.7 Å². The molecule has 1 amide bonds. The Hall–Kier alpha value is -1.33. The monoisotopic (exact) mass is 235 g/mol. The van der Waals surface area contributed by atoms with Crippen molar-refractivity contribution in [2.45, 2.75) is 25.9 Å². The van der Waals surface area contributed by atoms with Crippen molar-refractivity contribution in [1.82, 2.24) is 4.90 Å². The van der Waals surface area contributed by atoms with Crippen LogP contribution >= 0.6 is 0 Å². The molecular formula is C10H12F3NO2. The number of Topliss-reactive ketones (excluding diaryl/α,β-unsaturated/α-hetero) is 1. The summed E-state index contributed by atoms with van der Waals surface area (Å²) in [7, 11) is 0. The van der Waals surface area contributed by atoms with Crippen LogP contribution in [0.3, 0.4) is 0 Å². The highest BCUT2D eigenvalue weighted by atomic mass is 19.4. The van der Waals surface area contributed by atoms with Gasteiger partial charge in [-0.25, -0.2) is 0 Å². The maximum Gasteiger partial charge on any atom is 0.412 e. The molecule has 1 aliphatic rings. The number of amides is 1. The Balaban J connectivity index is 2.57. The van der Waals surface area contributed by atoms with E-state index in [1.807, 2.05) is 0 Å². The summed E-state index contributed by atoms with van der Waals surface area (Å²) >= 11 is 0. The largest absolute Gasteiger partial charge is 0.412 e. The summed E-state index contributed by atoms with van der Waals surface area (Å²) in [5, 5.41) is 0. The van der Waals surface area contributed by atoms with Gasteiger partial charge in [-0.2, -0.15) is 13.2 Å². The van der Waals surface area contributed by atoms with Crippen LogP contribution in [0.25, 0.3) is 0 Å². The number of alkyl halides is 3. The van der Waals surface area contributed by atoms with E-state index in [-0.39, 0.29) is 31.7 Å². The summed E-state index contributed by atoms with van der Waals surface area (Å²) < 4.78 is 36.8. The quantitative estimate of drug-likeness (QED) is 0.539. The van der Waals surface area contributed by atoms with Crippen LogP contribution in [0.5, 0.6) is 0 Å². The average Bonchev–Trinajstić information content (AvgIpc) is 2.15. The second-order valence-electron chi connectivity index (χ2n) is 3.70. The fourth-order valence-electron chi connectivity index (χ4n) is 1.48. The number of ketones is 1. The van der Waals surface area contributed by atoms with Gasteiger partial charge in [0.2, 0.25) is 5.91 Å². The first-order valence-electron chi connectivity index (χ1n) is 4.84.